The zero-order chi connectivity index (χ0) is 33.7. The molecule has 2 N–H and O–H groups in total. The average Bonchev–Trinajstić information content (AvgIpc) is 3.32. The Morgan fingerprint density at radius 1 is 0.830 bits per heavy atom. The maximum absolute atomic E-state index is 13.6. The van der Waals surface area contributed by atoms with Crippen LogP contribution >= 0.6 is 0 Å². The van der Waals surface area contributed by atoms with Gasteiger partial charge in [0, 0.05) is 38.5 Å². The third-order valence-corrected chi connectivity index (χ3v) is 8.87. The number of benzene rings is 2. The minimum absolute atomic E-state index is 0.0612. The van der Waals surface area contributed by atoms with Crippen LogP contribution in [0.4, 0.5) is 5.69 Å². The van der Waals surface area contributed by atoms with E-state index in [1.165, 1.54) is 6.92 Å². The Morgan fingerprint density at radius 2 is 1.51 bits per heavy atom. The molecular formula is C36H43N3O8. The van der Waals surface area contributed by atoms with Gasteiger partial charge in [-0.05, 0) is 83.8 Å². The first-order valence-corrected chi connectivity index (χ1v) is 15.8. The van der Waals surface area contributed by atoms with Crippen LogP contribution in [0.3, 0.4) is 0 Å². The number of amides is 2. The molecule has 1 heterocycles. The summed E-state index contributed by atoms with van der Waals surface area (Å²) in [5.41, 5.74) is 5.60. The van der Waals surface area contributed by atoms with E-state index in [1.807, 2.05) is 29.2 Å². The maximum Gasteiger partial charge on any atom is 0.222 e. The van der Waals surface area contributed by atoms with Crippen LogP contribution in [0.2, 0.25) is 0 Å². The second-order valence-corrected chi connectivity index (χ2v) is 11.7. The zero-order valence-electron chi connectivity index (χ0n) is 27.9. The topological polar surface area (TPSA) is 125 Å². The van der Waals surface area contributed by atoms with E-state index < -0.39 is 6.04 Å². The van der Waals surface area contributed by atoms with Crippen LogP contribution in [0.25, 0.3) is 11.1 Å². The maximum atomic E-state index is 13.6. The number of carbonyl (C=O) groups excluding carboxylic acids is 2. The molecule has 3 aromatic carbocycles. The lowest BCUT2D eigenvalue weighted by molar-refractivity contribution is -0.132. The summed E-state index contributed by atoms with van der Waals surface area (Å²) in [6.45, 7) is 3.06. The van der Waals surface area contributed by atoms with Crippen LogP contribution in [0.5, 0.6) is 28.7 Å². The molecule has 5 rings (SSSR count). The third-order valence-electron chi connectivity index (χ3n) is 8.87. The molecule has 0 bridgehead atoms. The van der Waals surface area contributed by atoms with E-state index in [1.54, 1.807) is 47.7 Å². The first kappa shape index (κ1) is 33.4. The Balaban J connectivity index is 1.35. The van der Waals surface area contributed by atoms with Crippen LogP contribution in [0, 0.1) is 0 Å². The van der Waals surface area contributed by atoms with Crippen molar-refractivity contribution in [1.29, 1.82) is 0 Å². The summed E-state index contributed by atoms with van der Waals surface area (Å²) in [5, 5.41) is 6.27. The average molecular weight is 646 g/mol. The molecule has 2 aliphatic rings. The molecule has 250 valence electrons. The van der Waals surface area contributed by atoms with Gasteiger partial charge in [0.05, 0.1) is 47.3 Å². The monoisotopic (exact) mass is 645 g/mol. The van der Waals surface area contributed by atoms with Crippen molar-refractivity contribution in [3.05, 3.63) is 68.9 Å². The summed E-state index contributed by atoms with van der Waals surface area (Å²) in [7, 11) is 7.91. The number of methoxy groups -OCH3 is 5. The van der Waals surface area contributed by atoms with Crippen LogP contribution in [0.1, 0.15) is 54.5 Å². The highest BCUT2D eigenvalue weighted by atomic mass is 16.5. The van der Waals surface area contributed by atoms with Crippen molar-refractivity contribution >= 4 is 17.5 Å². The molecule has 11 nitrogen and oxygen atoms in total. The lowest BCUT2D eigenvalue weighted by atomic mass is 9.95. The second kappa shape index (κ2) is 14.7. The lowest BCUT2D eigenvalue weighted by Crippen LogP contribution is -2.36. The zero-order valence-corrected chi connectivity index (χ0v) is 27.9. The van der Waals surface area contributed by atoms with Crippen molar-refractivity contribution in [1.82, 2.24) is 10.2 Å². The van der Waals surface area contributed by atoms with E-state index in [0.29, 0.717) is 85.3 Å². The van der Waals surface area contributed by atoms with Gasteiger partial charge in [0.2, 0.25) is 23.0 Å². The molecule has 47 heavy (non-hydrogen) atoms. The van der Waals surface area contributed by atoms with Gasteiger partial charge >= 0.3 is 0 Å². The van der Waals surface area contributed by atoms with Gasteiger partial charge in [-0.15, -0.1) is 0 Å². The molecule has 1 aliphatic carbocycles. The van der Waals surface area contributed by atoms with Crippen molar-refractivity contribution in [2.24, 2.45) is 0 Å². The van der Waals surface area contributed by atoms with E-state index in [4.69, 9.17) is 23.7 Å². The summed E-state index contributed by atoms with van der Waals surface area (Å²) in [6, 6.07) is 10.7. The summed E-state index contributed by atoms with van der Waals surface area (Å²) < 4.78 is 28.0. The number of fused-ring (bicyclic) bond motifs is 4. The van der Waals surface area contributed by atoms with Crippen LogP contribution in [-0.2, 0) is 29.0 Å². The first-order valence-electron chi connectivity index (χ1n) is 15.8. The number of anilines is 1. The quantitative estimate of drug-likeness (QED) is 0.287. The van der Waals surface area contributed by atoms with Crippen molar-refractivity contribution in [2.75, 3.05) is 54.0 Å². The Kier molecular flexibility index (Phi) is 10.4. The molecule has 0 saturated carbocycles. The van der Waals surface area contributed by atoms with Gasteiger partial charge in [0.1, 0.15) is 0 Å². The number of carbonyl (C=O) groups is 2. The first-order chi connectivity index (χ1) is 22.7. The summed E-state index contributed by atoms with van der Waals surface area (Å²) >= 11 is 0. The minimum Gasteiger partial charge on any atom is -0.493 e. The largest absolute Gasteiger partial charge is 0.493 e. The van der Waals surface area contributed by atoms with Crippen LogP contribution in [0.15, 0.2) is 41.2 Å². The number of rotatable bonds is 11. The fourth-order valence-electron chi connectivity index (χ4n) is 6.57. The molecule has 1 atom stereocenters. The Hall–Kier alpha value is -4.93. The highest BCUT2D eigenvalue weighted by Crippen LogP contribution is 2.50. The molecule has 0 aromatic heterocycles. The highest BCUT2D eigenvalue weighted by molar-refractivity contribution is 5.84. The third kappa shape index (κ3) is 6.94. The second-order valence-electron chi connectivity index (χ2n) is 11.7. The smallest absolute Gasteiger partial charge is 0.222 e. The number of ether oxygens (including phenoxy) is 5. The van der Waals surface area contributed by atoms with E-state index in [-0.39, 0.29) is 17.2 Å². The molecule has 1 unspecified atom stereocenters. The Morgan fingerprint density at radius 3 is 2.17 bits per heavy atom. The molecule has 3 aromatic rings. The SMILES string of the molecule is COc1cc2c(cc1OC)CN(C(=O)CCCNc1ccc3c(cc1=O)C(NC(C)=O)CCc1cc(OC)c(OC)c(OC)c1-3)CC2. The van der Waals surface area contributed by atoms with Gasteiger partial charge < -0.3 is 39.2 Å². The minimum atomic E-state index is -0.391. The van der Waals surface area contributed by atoms with E-state index in [0.717, 1.165) is 34.2 Å². The molecule has 2 amide bonds. The Bertz CT molecular complexity index is 1720. The lowest BCUT2D eigenvalue weighted by Gasteiger charge is -2.29. The van der Waals surface area contributed by atoms with E-state index in [2.05, 4.69) is 10.6 Å². The molecule has 0 saturated heterocycles. The van der Waals surface area contributed by atoms with Crippen molar-refractivity contribution in [2.45, 2.75) is 51.6 Å². The molecule has 11 heteroatoms. The Labute approximate surface area is 275 Å². The molecule has 0 fully saturated rings. The number of nitrogens with one attached hydrogen (secondary N) is 2. The molecule has 0 radical (unpaired) electrons. The van der Waals surface area contributed by atoms with Crippen molar-refractivity contribution in [3.8, 4) is 39.9 Å². The predicted octanol–water partition coefficient (Wildman–Crippen LogP) is 4.66. The van der Waals surface area contributed by atoms with Crippen molar-refractivity contribution in [3.63, 3.8) is 0 Å². The van der Waals surface area contributed by atoms with Gasteiger partial charge in [-0.3, -0.25) is 14.4 Å². The molecular weight excluding hydrogens is 602 g/mol. The number of aryl methyl sites for hydroxylation is 1. The van der Waals surface area contributed by atoms with Gasteiger partial charge in [-0.1, -0.05) is 6.07 Å². The fraction of sp³-hybridized carbons (Fsp3) is 0.417. The highest BCUT2D eigenvalue weighted by Gasteiger charge is 2.29. The van der Waals surface area contributed by atoms with Crippen LogP contribution in [-0.4, -0.2) is 65.4 Å². The molecule has 0 spiro atoms. The summed E-state index contributed by atoms with van der Waals surface area (Å²) in [6.07, 6.45) is 2.83. The van der Waals surface area contributed by atoms with E-state index in [9.17, 15) is 14.4 Å². The summed E-state index contributed by atoms with van der Waals surface area (Å²) in [4.78, 5) is 40.8. The molecule has 1 aliphatic heterocycles. The van der Waals surface area contributed by atoms with Gasteiger partial charge in [0.15, 0.2) is 23.0 Å². The number of hydrogen-bond donors (Lipinski definition) is 2. The normalized spacial score (nSPS) is 14.9. The number of hydrogen-bond acceptors (Lipinski definition) is 9. The van der Waals surface area contributed by atoms with Crippen LogP contribution < -0.4 is 39.7 Å². The number of nitrogens with zero attached hydrogens (tertiary/aromatic N) is 1. The van der Waals surface area contributed by atoms with Gasteiger partial charge in [0.25, 0.3) is 0 Å². The summed E-state index contributed by atoms with van der Waals surface area (Å²) in [5.74, 6) is 2.70. The van der Waals surface area contributed by atoms with Crippen molar-refractivity contribution < 1.29 is 33.3 Å². The fourth-order valence-corrected chi connectivity index (χ4v) is 6.57. The van der Waals surface area contributed by atoms with Gasteiger partial charge in [-0.25, -0.2) is 0 Å². The predicted molar refractivity (Wildman–Crippen MR) is 179 cm³/mol. The van der Waals surface area contributed by atoms with E-state index >= 15 is 0 Å². The van der Waals surface area contributed by atoms with Gasteiger partial charge in [-0.2, -0.15) is 0 Å². The standard InChI is InChI=1S/C36H43N3O8/c1-21(40)38-27-11-9-23-17-32(45-4)35(46-5)36(47-6)34(23)25-10-12-28(29(41)19-26(25)27)37-14-7-8-33(42)39-15-13-22-16-30(43-2)31(44-3)18-24(22)20-39/h10,12,16-19,27H,7-9,11,13-15,20H2,1-6H3,(H,37,41)(H,38,40).